The van der Waals surface area contributed by atoms with Gasteiger partial charge in [-0.15, -0.1) is 10.2 Å². The molecule has 60 valence electrons. The van der Waals surface area contributed by atoms with Crippen molar-refractivity contribution in [3.8, 4) is 0 Å². The van der Waals surface area contributed by atoms with Gasteiger partial charge in [0.15, 0.2) is 5.82 Å². The van der Waals surface area contributed by atoms with Crippen molar-refractivity contribution in [2.45, 2.75) is 19.9 Å². The van der Waals surface area contributed by atoms with E-state index in [1.165, 1.54) is 0 Å². The van der Waals surface area contributed by atoms with Gasteiger partial charge in [0.2, 0.25) is 0 Å². The van der Waals surface area contributed by atoms with Crippen LogP contribution in [0, 0.1) is 0 Å². The number of tetrazole rings is 1. The van der Waals surface area contributed by atoms with Crippen LogP contribution < -0.4 is 5.73 Å². The lowest BCUT2D eigenvalue weighted by atomic mass is 10.4. The van der Waals surface area contributed by atoms with Crippen molar-refractivity contribution in [3.05, 3.63) is 5.82 Å². The minimum Gasteiger partial charge on any atom is -0.387 e. The van der Waals surface area contributed by atoms with Crippen LogP contribution in [0.3, 0.4) is 0 Å². The summed E-state index contributed by atoms with van der Waals surface area (Å²) in [4.78, 5) is 3.99. The second-order valence-corrected chi connectivity index (χ2v) is 1.99. The molecule has 6 heteroatoms. The SMILES string of the molecule is CCC(N)=NCc1nn[nH]n1. The third-order valence-corrected chi connectivity index (χ3v) is 1.18. The van der Waals surface area contributed by atoms with Gasteiger partial charge in [-0.3, -0.25) is 4.99 Å². The molecule has 0 atom stereocenters. The highest BCUT2D eigenvalue weighted by Gasteiger charge is 1.94. The standard InChI is InChI=1S/C5H10N6/c1-2-4(6)7-3-5-8-10-11-9-5/h2-3H2,1H3,(H2,6,7)(H,8,9,10,11). The molecule has 0 radical (unpaired) electrons. The average Bonchev–Trinajstić information content (AvgIpc) is 2.52. The fourth-order valence-electron chi connectivity index (χ4n) is 0.534. The first-order valence-corrected chi connectivity index (χ1v) is 3.34. The molecule has 11 heavy (non-hydrogen) atoms. The van der Waals surface area contributed by atoms with Gasteiger partial charge in [0.1, 0.15) is 6.54 Å². The van der Waals surface area contributed by atoms with Gasteiger partial charge in [0.25, 0.3) is 0 Å². The lowest BCUT2D eigenvalue weighted by Gasteiger charge is -1.91. The fourth-order valence-corrected chi connectivity index (χ4v) is 0.534. The molecule has 1 rings (SSSR count). The molecule has 6 nitrogen and oxygen atoms in total. The van der Waals surface area contributed by atoms with Crippen LogP contribution >= 0.6 is 0 Å². The molecule has 0 aliphatic heterocycles. The van der Waals surface area contributed by atoms with Crippen molar-refractivity contribution in [1.82, 2.24) is 20.6 Å². The summed E-state index contributed by atoms with van der Waals surface area (Å²) in [5.74, 6) is 1.16. The molecule has 1 aromatic heterocycles. The average molecular weight is 154 g/mol. The Labute approximate surface area is 63.9 Å². The Morgan fingerprint density at radius 3 is 3.09 bits per heavy atom. The number of nitrogens with one attached hydrogen (secondary N) is 1. The number of hydrogen-bond acceptors (Lipinski definition) is 4. The summed E-state index contributed by atoms with van der Waals surface area (Å²) in [5.41, 5.74) is 5.45. The Hall–Kier alpha value is -1.46. The van der Waals surface area contributed by atoms with Gasteiger partial charge >= 0.3 is 0 Å². The zero-order valence-corrected chi connectivity index (χ0v) is 6.28. The molecule has 0 aliphatic rings. The molecule has 1 aromatic rings. The fraction of sp³-hybridized carbons (Fsp3) is 0.600. The number of nitrogens with two attached hydrogens (primary N) is 1. The number of aliphatic imine (C=N–C) groups is 1. The van der Waals surface area contributed by atoms with Crippen molar-refractivity contribution in [3.63, 3.8) is 0 Å². The molecular formula is C5H10N6. The minimum absolute atomic E-state index is 0.399. The molecule has 0 aliphatic carbocycles. The highest BCUT2D eigenvalue weighted by atomic mass is 15.5. The predicted molar refractivity (Wildman–Crippen MR) is 39.8 cm³/mol. The summed E-state index contributed by atoms with van der Waals surface area (Å²) in [6.07, 6.45) is 0.748. The number of hydrogen-bond donors (Lipinski definition) is 2. The Morgan fingerprint density at radius 2 is 2.55 bits per heavy atom. The smallest absolute Gasteiger partial charge is 0.195 e. The van der Waals surface area contributed by atoms with Crippen molar-refractivity contribution in [2.24, 2.45) is 10.7 Å². The molecule has 1 heterocycles. The van der Waals surface area contributed by atoms with Crippen molar-refractivity contribution in [2.75, 3.05) is 0 Å². The molecule has 0 fully saturated rings. The number of H-pyrrole nitrogens is 1. The summed E-state index contributed by atoms with van der Waals surface area (Å²) in [6, 6.07) is 0. The highest BCUT2D eigenvalue weighted by Crippen LogP contribution is 1.88. The van der Waals surface area contributed by atoms with E-state index in [4.69, 9.17) is 5.73 Å². The van der Waals surface area contributed by atoms with Gasteiger partial charge in [-0.25, -0.2) is 0 Å². The highest BCUT2D eigenvalue weighted by molar-refractivity contribution is 5.79. The van der Waals surface area contributed by atoms with Gasteiger partial charge in [0.05, 0.1) is 5.84 Å². The molecular weight excluding hydrogens is 144 g/mol. The molecule has 0 unspecified atom stereocenters. The van der Waals surface area contributed by atoms with Crippen molar-refractivity contribution >= 4 is 5.84 Å². The van der Waals surface area contributed by atoms with Crippen molar-refractivity contribution < 1.29 is 0 Å². The zero-order valence-electron chi connectivity index (χ0n) is 6.28. The maximum absolute atomic E-state index is 5.45. The van der Waals surface area contributed by atoms with E-state index in [-0.39, 0.29) is 0 Å². The second kappa shape index (κ2) is 3.65. The Kier molecular flexibility index (Phi) is 2.53. The van der Waals surface area contributed by atoms with Gasteiger partial charge < -0.3 is 5.73 Å². The number of aromatic nitrogens is 4. The first kappa shape index (κ1) is 7.64. The maximum atomic E-state index is 5.45. The first-order chi connectivity index (χ1) is 5.33. The lowest BCUT2D eigenvalue weighted by Crippen LogP contribution is -2.09. The monoisotopic (exact) mass is 154 g/mol. The Balaban J connectivity index is 2.45. The number of amidine groups is 1. The summed E-state index contributed by atoms with van der Waals surface area (Å²) in [5, 5.41) is 13.1. The van der Waals surface area contributed by atoms with Crippen LogP contribution in [0.25, 0.3) is 0 Å². The number of nitrogens with zero attached hydrogens (tertiary/aromatic N) is 4. The van der Waals surface area contributed by atoms with E-state index in [1.807, 2.05) is 6.92 Å². The van der Waals surface area contributed by atoms with Gasteiger partial charge in [0, 0.05) is 6.42 Å². The van der Waals surface area contributed by atoms with Crippen LogP contribution in [-0.4, -0.2) is 26.5 Å². The Morgan fingerprint density at radius 1 is 1.73 bits per heavy atom. The minimum atomic E-state index is 0.399. The number of rotatable bonds is 3. The van der Waals surface area contributed by atoms with Crippen LogP contribution in [0.5, 0.6) is 0 Å². The topological polar surface area (TPSA) is 92.8 Å². The van der Waals surface area contributed by atoms with Gasteiger partial charge in [-0.1, -0.05) is 12.1 Å². The van der Waals surface area contributed by atoms with Gasteiger partial charge in [-0.2, -0.15) is 5.21 Å². The summed E-state index contributed by atoms with van der Waals surface area (Å²) in [7, 11) is 0. The number of aromatic amines is 1. The van der Waals surface area contributed by atoms with Crippen LogP contribution in [0.4, 0.5) is 0 Å². The van der Waals surface area contributed by atoms with Crippen LogP contribution in [-0.2, 0) is 6.54 Å². The molecule has 0 bridgehead atoms. The molecule has 0 saturated carbocycles. The lowest BCUT2D eigenvalue weighted by molar-refractivity contribution is 0.881. The van der Waals surface area contributed by atoms with E-state index in [0.717, 1.165) is 6.42 Å². The quantitative estimate of drug-likeness (QED) is 0.452. The third-order valence-electron chi connectivity index (χ3n) is 1.18. The zero-order chi connectivity index (χ0) is 8.10. The summed E-state index contributed by atoms with van der Waals surface area (Å²) in [6.45, 7) is 2.34. The van der Waals surface area contributed by atoms with E-state index >= 15 is 0 Å². The molecule has 0 spiro atoms. The van der Waals surface area contributed by atoms with E-state index in [9.17, 15) is 0 Å². The third kappa shape index (κ3) is 2.32. The first-order valence-electron chi connectivity index (χ1n) is 3.34. The van der Waals surface area contributed by atoms with Gasteiger partial charge in [-0.05, 0) is 0 Å². The second-order valence-electron chi connectivity index (χ2n) is 1.99. The maximum Gasteiger partial charge on any atom is 0.195 e. The Bertz CT molecular complexity index is 225. The summed E-state index contributed by atoms with van der Waals surface area (Å²) < 4.78 is 0. The van der Waals surface area contributed by atoms with E-state index in [2.05, 4.69) is 25.6 Å². The van der Waals surface area contributed by atoms with Crippen LogP contribution in [0.1, 0.15) is 19.2 Å². The summed E-state index contributed by atoms with van der Waals surface area (Å²) >= 11 is 0. The normalized spacial score (nSPS) is 11.9. The predicted octanol–water partition coefficient (Wildman–Crippen LogP) is -0.533. The van der Waals surface area contributed by atoms with E-state index in [1.54, 1.807) is 0 Å². The van der Waals surface area contributed by atoms with Crippen molar-refractivity contribution in [1.29, 1.82) is 0 Å². The van der Waals surface area contributed by atoms with Crippen LogP contribution in [0.2, 0.25) is 0 Å². The molecule has 0 saturated heterocycles. The largest absolute Gasteiger partial charge is 0.387 e. The molecule has 0 amide bonds. The van der Waals surface area contributed by atoms with E-state index in [0.29, 0.717) is 18.2 Å². The molecule has 3 N–H and O–H groups in total. The van der Waals surface area contributed by atoms with E-state index < -0.39 is 0 Å². The van der Waals surface area contributed by atoms with Crippen LogP contribution in [0.15, 0.2) is 4.99 Å². The molecule has 0 aromatic carbocycles.